The molecule has 1 heterocycles. The van der Waals surface area contributed by atoms with Gasteiger partial charge in [-0.25, -0.2) is 8.42 Å². The lowest BCUT2D eigenvalue weighted by atomic mass is 10.2. The molecule has 0 aliphatic carbocycles. The fraction of sp³-hybridized carbons (Fsp3) is 0.409. The summed E-state index contributed by atoms with van der Waals surface area (Å²) in [5, 5.41) is 2.75. The fourth-order valence-corrected chi connectivity index (χ4v) is 4.85. The Morgan fingerprint density at radius 2 is 1.77 bits per heavy atom. The summed E-state index contributed by atoms with van der Waals surface area (Å²) in [6.07, 6.45) is 2.89. The topological polar surface area (TPSA) is 84.9 Å². The van der Waals surface area contributed by atoms with Crippen LogP contribution in [0.3, 0.4) is 0 Å². The number of nitrogens with zero attached hydrogens (tertiary/aromatic N) is 1. The van der Waals surface area contributed by atoms with Crippen LogP contribution in [0.5, 0.6) is 11.5 Å². The minimum Gasteiger partial charge on any atom is -0.495 e. The first-order chi connectivity index (χ1) is 14.4. The van der Waals surface area contributed by atoms with E-state index >= 15 is 0 Å². The van der Waals surface area contributed by atoms with Crippen LogP contribution in [0.25, 0.3) is 0 Å². The molecule has 7 nitrogen and oxygen atoms in total. The average molecular weight is 433 g/mol. The summed E-state index contributed by atoms with van der Waals surface area (Å²) in [6, 6.07) is 12.1. The number of anilines is 1. The molecule has 3 rings (SSSR count). The number of amides is 1. The van der Waals surface area contributed by atoms with Gasteiger partial charge in [0.1, 0.15) is 11.5 Å². The molecular formula is C22H28N2O5S. The van der Waals surface area contributed by atoms with Crippen LogP contribution in [0, 0.1) is 6.92 Å². The lowest BCUT2D eigenvalue weighted by Crippen LogP contribution is -2.35. The van der Waals surface area contributed by atoms with Gasteiger partial charge in [0.2, 0.25) is 15.9 Å². The molecule has 162 valence electrons. The largest absolute Gasteiger partial charge is 0.495 e. The molecule has 8 heteroatoms. The standard InChI is InChI=1S/C22H28N2O5S/c1-17-6-8-18(9-7-17)29-15-12-22(25)23-20-16-19(10-11-21(20)28-2)30(26,27)24-13-4-3-5-14-24/h6-11,16H,3-5,12-15H2,1-2H3,(H,23,25). The minimum atomic E-state index is -3.60. The van der Waals surface area contributed by atoms with E-state index in [2.05, 4.69) is 5.32 Å². The van der Waals surface area contributed by atoms with Crippen LogP contribution in [0.4, 0.5) is 5.69 Å². The molecule has 1 N–H and O–H groups in total. The molecule has 1 aliphatic heterocycles. The van der Waals surface area contributed by atoms with Crippen molar-refractivity contribution in [3.63, 3.8) is 0 Å². The number of hydrogen-bond acceptors (Lipinski definition) is 5. The summed E-state index contributed by atoms with van der Waals surface area (Å²) in [5.74, 6) is 0.814. The third kappa shape index (κ3) is 5.52. The van der Waals surface area contributed by atoms with Gasteiger partial charge in [-0.05, 0) is 50.1 Å². The first-order valence-electron chi connectivity index (χ1n) is 10.1. The van der Waals surface area contributed by atoms with Gasteiger partial charge < -0.3 is 14.8 Å². The molecule has 0 atom stereocenters. The molecule has 0 unspecified atom stereocenters. The van der Waals surface area contributed by atoms with Crippen LogP contribution < -0.4 is 14.8 Å². The van der Waals surface area contributed by atoms with Gasteiger partial charge in [0.25, 0.3) is 0 Å². The third-order valence-electron chi connectivity index (χ3n) is 5.02. The predicted octanol–water partition coefficient (Wildman–Crippen LogP) is 3.59. The zero-order valence-corrected chi connectivity index (χ0v) is 18.2. The molecule has 0 spiro atoms. The molecule has 2 aromatic carbocycles. The number of methoxy groups -OCH3 is 1. The summed E-state index contributed by atoms with van der Waals surface area (Å²) in [4.78, 5) is 12.5. The third-order valence-corrected chi connectivity index (χ3v) is 6.91. The maximum atomic E-state index is 12.9. The maximum absolute atomic E-state index is 12.9. The van der Waals surface area contributed by atoms with Crippen molar-refractivity contribution in [1.29, 1.82) is 0 Å². The average Bonchev–Trinajstić information content (AvgIpc) is 2.75. The van der Waals surface area contributed by atoms with Crippen molar-refractivity contribution in [2.75, 3.05) is 32.1 Å². The molecule has 1 amide bonds. The molecule has 30 heavy (non-hydrogen) atoms. The Balaban J connectivity index is 1.65. The number of carbonyl (C=O) groups is 1. The van der Waals surface area contributed by atoms with Crippen molar-refractivity contribution in [2.45, 2.75) is 37.5 Å². The van der Waals surface area contributed by atoms with Crippen LogP contribution >= 0.6 is 0 Å². The molecule has 0 radical (unpaired) electrons. The van der Waals surface area contributed by atoms with Gasteiger partial charge in [-0.3, -0.25) is 4.79 Å². The Labute approximate surface area is 178 Å². The summed E-state index contributed by atoms with van der Waals surface area (Å²) in [6.45, 7) is 3.24. The van der Waals surface area contributed by atoms with E-state index in [-0.39, 0.29) is 23.8 Å². The van der Waals surface area contributed by atoms with Crippen molar-refractivity contribution < 1.29 is 22.7 Å². The van der Waals surface area contributed by atoms with Crippen molar-refractivity contribution in [2.24, 2.45) is 0 Å². The van der Waals surface area contributed by atoms with Crippen LogP contribution in [0.1, 0.15) is 31.2 Å². The molecule has 1 aliphatic rings. The SMILES string of the molecule is COc1ccc(S(=O)(=O)N2CCCCC2)cc1NC(=O)CCOc1ccc(C)cc1. The number of ether oxygens (including phenoxy) is 2. The number of benzene rings is 2. The monoisotopic (exact) mass is 432 g/mol. The lowest BCUT2D eigenvalue weighted by Gasteiger charge is -2.26. The molecule has 1 fully saturated rings. The summed E-state index contributed by atoms with van der Waals surface area (Å²) in [7, 11) is -2.12. The van der Waals surface area contributed by atoms with Crippen molar-refractivity contribution in [3.05, 3.63) is 48.0 Å². The normalized spacial score (nSPS) is 14.9. The van der Waals surface area contributed by atoms with Gasteiger partial charge in [-0.1, -0.05) is 24.1 Å². The number of aryl methyl sites for hydroxylation is 1. The van der Waals surface area contributed by atoms with Gasteiger partial charge in [0, 0.05) is 13.1 Å². The quantitative estimate of drug-likeness (QED) is 0.689. The molecule has 2 aromatic rings. The Morgan fingerprint density at radius 3 is 2.43 bits per heavy atom. The molecule has 0 saturated carbocycles. The molecular weight excluding hydrogens is 404 g/mol. The summed E-state index contributed by atoms with van der Waals surface area (Å²) >= 11 is 0. The van der Waals surface area contributed by atoms with Gasteiger partial charge in [-0.15, -0.1) is 0 Å². The van der Waals surface area contributed by atoms with Crippen LogP contribution in [0.2, 0.25) is 0 Å². The molecule has 1 saturated heterocycles. The van der Waals surface area contributed by atoms with E-state index < -0.39 is 10.0 Å². The number of sulfonamides is 1. The summed E-state index contributed by atoms with van der Waals surface area (Å²) < 4.78 is 38.2. The second-order valence-electron chi connectivity index (χ2n) is 7.29. The van der Waals surface area contributed by atoms with E-state index in [4.69, 9.17) is 9.47 Å². The minimum absolute atomic E-state index is 0.125. The number of hydrogen-bond donors (Lipinski definition) is 1. The van der Waals surface area contributed by atoms with Crippen LogP contribution in [-0.2, 0) is 14.8 Å². The second-order valence-corrected chi connectivity index (χ2v) is 9.22. The Morgan fingerprint density at radius 1 is 1.07 bits per heavy atom. The second kappa shape index (κ2) is 9.95. The summed E-state index contributed by atoms with van der Waals surface area (Å²) in [5.41, 5.74) is 1.46. The van der Waals surface area contributed by atoms with Crippen molar-refractivity contribution in [3.8, 4) is 11.5 Å². The van der Waals surface area contributed by atoms with E-state index in [0.717, 1.165) is 24.8 Å². The Bertz CT molecular complexity index is 968. The number of piperidine rings is 1. The first kappa shape index (κ1) is 22.1. The fourth-order valence-electron chi connectivity index (χ4n) is 3.31. The van der Waals surface area contributed by atoms with Gasteiger partial charge in [0.15, 0.2) is 0 Å². The molecule has 0 bridgehead atoms. The highest BCUT2D eigenvalue weighted by molar-refractivity contribution is 7.89. The van der Waals surface area contributed by atoms with E-state index in [1.54, 1.807) is 6.07 Å². The zero-order valence-electron chi connectivity index (χ0n) is 17.4. The van der Waals surface area contributed by atoms with Gasteiger partial charge in [-0.2, -0.15) is 4.31 Å². The Kier molecular flexibility index (Phi) is 7.33. The number of nitrogens with one attached hydrogen (secondary N) is 1. The Hall–Kier alpha value is -2.58. The number of carbonyl (C=O) groups excluding carboxylic acids is 1. The number of rotatable bonds is 8. The first-order valence-corrected chi connectivity index (χ1v) is 11.5. The van der Waals surface area contributed by atoms with Gasteiger partial charge in [0.05, 0.1) is 30.7 Å². The van der Waals surface area contributed by atoms with E-state index in [1.807, 2.05) is 31.2 Å². The van der Waals surface area contributed by atoms with E-state index in [1.165, 1.54) is 23.5 Å². The highest BCUT2D eigenvalue weighted by atomic mass is 32.2. The van der Waals surface area contributed by atoms with Crippen LogP contribution in [-0.4, -0.2) is 45.4 Å². The van der Waals surface area contributed by atoms with Crippen molar-refractivity contribution in [1.82, 2.24) is 4.31 Å². The van der Waals surface area contributed by atoms with E-state index in [9.17, 15) is 13.2 Å². The highest BCUT2D eigenvalue weighted by Crippen LogP contribution is 2.30. The maximum Gasteiger partial charge on any atom is 0.243 e. The highest BCUT2D eigenvalue weighted by Gasteiger charge is 2.27. The smallest absolute Gasteiger partial charge is 0.243 e. The molecule has 0 aromatic heterocycles. The lowest BCUT2D eigenvalue weighted by molar-refractivity contribution is -0.116. The van der Waals surface area contributed by atoms with Gasteiger partial charge >= 0.3 is 0 Å². The zero-order chi connectivity index (χ0) is 21.6. The predicted molar refractivity (Wildman–Crippen MR) is 116 cm³/mol. The van der Waals surface area contributed by atoms with Crippen LogP contribution in [0.15, 0.2) is 47.4 Å². The van der Waals surface area contributed by atoms with Crippen molar-refractivity contribution >= 4 is 21.6 Å². The van der Waals surface area contributed by atoms with E-state index in [0.29, 0.717) is 30.3 Å².